The van der Waals surface area contributed by atoms with Crippen molar-refractivity contribution in [3.8, 4) is 27.6 Å². The van der Waals surface area contributed by atoms with Gasteiger partial charge in [-0.25, -0.2) is 9.97 Å². The Morgan fingerprint density at radius 2 is 1.19 bits per heavy atom. The number of rotatable bonds is 19. The van der Waals surface area contributed by atoms with Crippen molar-refractivity contribution in [3.05, 3.63) is 53.7 Å². The summed E-state index contributed by atoms with van der Waals surface area (Å²) in [7, 11) is 0. The third-order valence-corrected chi connectivity index (χ3v) is 7.95. The summed E-state index contributed by atoms with van der Waals surface area (Å²) >= 11 is 1.88. The summed E-state index contributed by atoms with van der Waals surface area (Å²) in [6, 6.07) is 12.7. The summed E-state index contributed by atoms with van der Waals surface area (Å²) in [5, 5.41) is 0. The third kappa shape index (κ3) is 10.4. The number of aryl methyl sites for hydroxylation is 1. The van der Waals surface area contributed by atoms with E-state index in [1.807, 2.05) is 35.9 Å². The van der Waals surface area contributed by atoms with E-state index in [0.29, 0.717) is 0 Å². The number of unbranched alkanes of at least 4 members (excludes halogenated alkanes) is 12. The van der Waals surface area contributed by atoms with Crippen LogP contribution < -0.4 is 4.74 Å². The van der Waals surface area contributed by atoms with Crippen LogP contribution in [0.15, 0.2) is 48.8 Å². The molecule has 0 amide bonds. The minimum atomic E-state index is 0.761. The van der Waals surface area contributed by atoms with Gasteiger partial charge in [-0.2, -0.15) is 0 Å². The summed E-state index contributed by atoms with van der Waals surface area (Å²) in [5.74, 6) is 1.69. The Balaban J connectivity index is 1.39. The van der Waals surface area contributed by atoms with Crippen LogP contribution >= 0.6 is 11.3 Å². The molecule has 2 aromatic heterocycles. The molecule has 0 radical (unpaired) electrons. The number of nitrogens with zero attached hydrogens (tertiary/aromatic N) is 2. The van der Waals surface area contributed by atoms with Gasteiger partial charge in [-0.15, -0.1) is 11.3 Å². The van der Waals surface area contributed by atoms with Crippen LogP contribution in [0.2, 0.25) is 0 Å². The molecule has 0 saturated heterocycles. The number of benzene rings is 1. The summed E-state index contributed by atoms with van der Waals surface area (Å²) in [6.45, 7) is 5.33. The number of thiophene rings is 1. The van der Waals surface area contributed by atoms with E-state index in [9.17, 15) is 0 Å². The fraction of sp³-hybridized carbons (Fsp3) is 0.562. The Hall–Kier alpha value is -2.20. The highest BCUT2D eigenvalue weighted by Gasteiger charge is 2.07. The predicted octanol–water partition coefficient (Wildman–Crippen LogP) is 10.3. The molecule has 0 fully saturated rings. The highest BCUT2D eigenvalue weighted by molar-refractivity contribution is 7.15. The van der Waals surface area contributed by atoms with E-state index >= 15 is 0 Å². The van der Waals surface area contributed by atoms with Crippen LogP contribution in [0.5, 0.6) is 5.75 Å². The van der Waals surface area contributed by atoms with Crippen molar-refractivity contribution in [1.29, 1.82) is 0 Å². The van der Waals surface area contributed by atoms with Gasteiger partial charge in [-0.3, -0.25) is 0 Å². The lowest BCUT2D eigenvalue weighted by atomic mass is 10.1. The van der Waals surface area contributed by atoms with Crippen molar-refractivity contribution < 1.29 is 4.74 Å². The monoisotopic (exact) mass is 506 g/mol. The zero-order valence-electron chi connectivity index (χ0n) is 22.6. The molecule has 4 heteroatoms. The van der Waals surface area contributed by atoms with E-state index in [0.717, 1.165) is 35.7 Å². The quantitative estimate of drug-likeness (QED) is 0.152. The van der Waals surface area contributed by atoms with Gasteiger partial charge in [-0.05, 0) is 55.7 Å². The van der Waals surface area contributed by atoms with Gasteiger partial charge in [0, 0.05) is 33.3 Å². The Morgan fingerprint density at radius 1 is 0.611 bits per heavy atom. The number of aromatic nitrogens is 2. The Morgan fingerprint density at radius 3 is 1.83 bits per heavy atom. The van der Waals surface area contributed by atoms with Crippen LogP contribution in [0.4, 0.5) is 0 Å². The first-order valence-corrected chi connectivity index (χ1v) is 15.3. The molecule has 0 N–H and O–H groups in total. The molecular weight excluding hydrogens is 460 g/mol. The first-order valence-electron chi connectivity index (χ1n) is 14.4. The van der Waals surface area contributed by atoms with Crippen molar-refractivity contribution in [3.63, 3.8) is 0 Å². The summed E-state index contributed by atoms with van der Waals surface area (Å²) < 4.78 is 5.92. The van der Waals surface area contributed by atoms with Gasteiger partial charge in [0.25, 0.3) is 0 Å². The van der Waals surface area contributed by atoms with Gasteiger partial charge in [0.2, 0.25) is 0 Å². The van der Waals surface area contributed by atoms with E-state index in [4.69, 9.17) is 4.74 Å². The highest BCUT2D eigenvalue weighted by atomic mass is 32.1. The number of hydrogen-bond acceptors (Lipinski definition) is 4. The van der Waals surface area contributed by atoms with Gasteiger partial charge in [0.05, 0.1) is 6.61 Å². The van der Waals surface area contributed by atoms with Crippen molar-refractivity contribution >= 4 is 11.3 Å². The molecule has 0 saturated carbocycles. The standard InChI is InChI=1S/C32H46N2OS/c1-3-5-7-9-11-13-15-17-30-22-23-31(36-30)28-25-33-32(34-26-28)27-18-20-29(21-19-27)35-24-16-14-12-10-8-6-4-2/h18-23,25-26H,3-17,24H2,1-2H3. The van der Waals surface area contributed by atoms with Gasteiger partial charge in [0.15, 0.2) is 5.82 Å². The predicted molar refractivity (Wildman–Crippen MR) is 156 cm³/mol. The summed E-state index contributed by atoms with van der Waals surface area (Å²) in [6.07, 6.45) is 23.7. The normalized spacial score (nSPS) is 11.2. The van der Waals surface area contributed by atoms with Gasteiger partial charge in [-0.1, -0.05) is 90.9 Å². The first-order chi connectivity index (χ1) is 17.8. The topological polar surface area (TPSA) is 35.0 Å². The zero-order chi connectivity index (χ0) is 25.3. The second kappa shape index (κ2) is 17.3. The van der Waals surface area contributed by atoms with E-state index in [2.05, 4.69) is 48.1 Å². The number of hydrogen-bond donors (Lipinski definition) is 0. The maximum Gasteiger partial charge on any atom is 0.159 e. The minimum absolute atomic E-state index is 0.761. The van der Waals surface area contributed by atoms with E-state index in [-0.39, 0.29) is 0 Å². The van der Waals surface area contributed by atoms with Crippen LogP contribution in [-0.2, 0) is 6.42 Å². The van der Waals surface area contributed by atoms with Crippen molar-refractivity contribution in [2.45, 2.75) is 110 Å². The molecule has 2 heterocycles. The van der Waals surface area contributed by atoms with Gasteiger partial charge in [0.1, 0.15) is 5.75 Å². The fourth-order valence-electron chi connectivity index (χ4n) is 4.48. The van der Waals surface area contributed by atoms with Crippen LogP contribution in [0.1, 0.15) is 109 Å². The molecule has 0 spiro atoms. The van der Waals surface area contributed by atoms with Crippen LogP contribution in [0.3, 0.4) is 0 Å². The van der Waals surface area contributed by atoms with Crippen molar-refractivity contribution in [2.75, 3.05) is 6.61 Å². The van der Waals surface area contributed by atoms with E-state index in [1.54, 1.807) is 0 Å². The average Bonchev–Trinajstić information content (AvgIpc) is 3.39. The number of ether oxygens (including phenoxy) is 1. The molecule has 0 bridgehead atoms. The minimum Gasteiger partial charge on any atom is -0.494 e. The first kappa shape index (κ1) is 28.4. The van der Waals surface area contributed by atoms with Crippen LogP contribution in [0.25, 0.3) is 21.8 Å². The lowest BCUT2D eigenvalue weighted by molar-refractivity contribution is 0.304. The second-order valence-electron chi connectivity index (χ2n) is 9.93. The molecule has 1 aromatic carbocycles. The largest absolute Gasteiger partial charge is 0.494 e. The molecule has 0 unspecified atom stereocenters. The van der Waals surface area contributed by atoms with Gasteiger partial charge < -0.3 is 4.74 Å². The van der Waals surface area contributed by atoms with Crippen LogP contribution in [-0.4, -0.2) is 16.6 Å². The lowest BCUT2D eigenvalue weighted by Crippen LogP contribution is -1.97. The molecule has 3 aromatic rings. The smallest absolute Gasteiger partial charge is 0.159 e. The SMILES string of the molecule is CCCCCCCCCOc1ccc(-c2ncc(-c3ccc(CCCCCCCCC)s3)cn2)cc1. The second-order valence-corrected chi connectivity index (χ2v) is 11.1. The van der Waals surface area contributed by atoms with Crippen molar-refractivity contribution in [1.82, 2.24) is 9.97 Å². The lowest BCUT2D eigenvalue weighted by Gasteiger charge is -2.07. The maximum atomic E-state index is 5.92. The van der Waals surface area contributed by atoms with E-state index < -0.39 is 0 Å². The highest BCUT2D eigenvalue weighted by Crippen LogP contribution is 2.29. The molecular formula is C32H46N2OS. The molecule has 0 aliphatic rings. The zero-order valence-corrected chi connectivity index (χ0v) is 23.5. The maximum absolute atomic E-state index is 5.92. The van der Waals surface area contributed by atoms with E-state index in [1.165, 1.54) is 99.6 Å². The fourth-order valence-corrected chi connectivity index (χ4v) is 5.50. The summed E-state index contributed by atoms with van der Waals surface area (Å²) in [4.78, 5) is 12.0. The Bertz CT molecular complexity index is 949. The summed E-state index contributed by atoms with van der Waals surface area (Å²) in [5.41, 5.74) is 2.12. The average molecular weight is 507 g/mol. The molecule has 0 aliphatic heterocycles. The molecule has 3 nitrogen and oxygen atoms in total. The Labute approximate surface area is 223 Å². The van der Waals surface area contributed by atoms with Crippen LogP contribution in [0, 0.1) is 0 Å². The third-order valence-electron chi connectivity index (χ3n) is 6.75. The van der Waals surface area contributed by atoms with Crippen molar-refractivity contribution in [2.24, 2.45) is 0 Å². The molecule has 36 heavy (non-hydrogen) atoms. The Kier molecular flexibility index (Phi) is 13.6. The van der Waals surface area contributed by atoms with Gasteiger partial charge >= 0.3 is 0 Å². The molecule has 0 atom stereocenters. The molecule has 3 rings (SSSR count). The molecule has 0 aliphatic carbocycles. The molecule has 196 valence electrons.